The summed E-state index contributed by atoms with van der Waals surface area (Å²) in [6.07, 6.45) is 8.64. The molecular formula is C33H44N2O5. The van der Waals surface area contributed by atoms with Crippen LogP contribution in [0.2, 0.25) is 0 Å². The molecule has 0 spiro atoms. The second-order valence-electron chi connectivity index (χ2n) is 15.2. The molecule has 0 aromatic rings. The van der Waals surface area contributed by atoms with Crippen LogP contribution in [-0.2, 0) is 19.2 Å². The standard InChI is InChI=1S/C33H44N2O5/c1-28(2)13-15-33(27(39)40)16-14-31(5)25(24(33)19(28)18-34)20(36)17-22-29(3)11-10-23(37)32(6,26(38)35(7)8)21(29)9-12-30(22,31)4/h10-11,17,19,21,24-25H,9,12-16H2,1-8H3,(H,39,40)/t19?,21-,24+,25-,29+,30-,31-,32+,33+/m1/s1. The van der Waals surface area contributed by atoms with Crippen LogP contribution in [0.15, 0.2) is 23.8 Å². The molecule has 3 saturated carbocycles. The van der Waals surface area contributed by atoms with E-state index in [2.05, 4.69) is 26.8 Å². The maximum atomic E-state index is 14.5. The Bertz CT molecular complexity index is 1320. The number of carbonyl (C=O) groups is 4. The van der Waals surface area contributed by atoms with Crippen LogP contribution in [0.4, 0.5) is 0 Å². The summed E-state index contributed by atoms with van der Waals surface area (Å²) in [5.41, 5.74) is -3.49. The van der Waals surface area contributed by atoms with Crippen LogP contribution in [0.5, 0.6) is 0 Å². The van der Waals surface area contributed by atoms with Crippen LogP contribution in [-0.4, -0.2) is 47.5 Å². The highest BCUT2D eigenvalue weighted by atomic mass is 16.4. The summed E-state index contributed by atoms with van der Waals surface area (Å²) in [4.78, 5) is 55.8. The van der Waals surface area contributed by atoms with E-state index in [-0.39, 0.29) is 23.4 Å². The predicted octanol–water partition coefficient (Wildman–Crippen LogP) is 5.21. The second-order valence-corrected chi connectivity index (χ2v) is 15.2. The molecule has 5 rings (SSSR count). The summed E-state index contributed by atoms with van der Waals surface area (Å²) in [5, 5.41) is 21.1. The first-order chi connectivity index (χ1) is 18.4. The normalized spacial score (nSPS) is 47.0. The lowest BCUT2D eigenvalue weighted by Crippen LogP contribution is -2.67. The Kier molecular flexibility index (Phi) is 6.04. The lowest BCUT2D eigenvalue weighted by Gasteiger charge is -2.69. The number of hydrogen-bond acceptors (Lipinski definition) is 5. The first-order valence-corrected chi connectivity index (χ1v) is 14.7. The van der Waals surface area contributed by atoms with Gasteiger partial charge in [0.15, 0.2) is 11.6 Å². The van der Waals surface area contributed by atoms with Crippen LogP contribution < -0.4 is 0 Å². The summed E-state index contributed by atoms with van der Waals surface area (Å²) in [6, 6.07) is 2.49. The van der Waals surface area contributed by atoms with Crippen LogP contribution in [0.25, 0.3) is 0 Å². The molecule has 0 aliphatic heterocycles. The van der Waals surface area contributed by atoms with Gasteiger partial charge in [-0.05, 0) is 79.8 Å². The Morgan fingerprint density at radius 2 is 1.62 bits per heavy atom. The van der Waals surface area contributed by atoms with Gasteiger partial charge in [-0.15, -0.1) is 0 Å². The molecule has 7 heteroatoms. The zero-order valence-electron chi connectivity index (χ0n) is 25.3. The topological polar surface area (TPSA) is 116 Å². The quantitative estimate of drug-likeness (QED) is 0.474. The highest BCUT2D eigenvalue weighted by Gasteiger charge is 2.73. The average Bonchev–Trinajstić information content (AvgIpc) is 2.87. The van der Waals surface area contributed by atoms with Gasteiger partial charge < -0.3 is 10.0 Å². The Morgan fingerprint density at radius 3 is 2.20 bits per heavy atom. The third-order valence-electron chi connectivity index (χ3n) is 13.1. The van der Waals surface area contributed by atoms with Crippen molar-refractivity contribution in [2.45, 2.75) is 80.1 Å². The van der Waals surface area contributed by atoms with Crippen molar-refractivity contribution in [2.75, 3.05) is 14.1 Å². The molecule has 5 aliphatic carbocycles. The average molecular weight is 549 g/mol. The molecule has 0 radical (unpaired) electrons. The number of amides is 1. The van der Waals surface area contributed by atoms with Crippen molar-refractivity contribution in [1.82, 2.24) is 4.90 Å². The Labute approximate surface area is 238 Å². The molecule has 40 heavy (non-hydrogen) atoms. The summed E-state index contributed by atoms with van der Waals surface area (Å²) in [7, 11) is 3.35. The van der Waals surface area contributed by atoms with Gasteiger partial charge in [-0.3, -0.25) is 19.2 Å². The molecule has 216 valence electrons. The van der Waals surface area contributed by atoms with Gasteiger partial charge in [0.25, 0.3) is 0 Å². The van der Waals surface area contributed by atoms with Crippen molar-refractivity contribution in [1.29, 1.82) is 5.26 Å². The van der Waals surface area contributed by atoms with Gasteiger partial charge in [-0.25, -0.2) is 0 Å². The fourth-order valence-corrected chi connectivity index (χ4v) is 10.4. The van der Waals surface area contributed by atoms with Crippen LogP contribution >= 0.6 is 0 Å². The molecule has 7 nitrogen and oxygen atoms in total. The van der Waals surface area contributed by atoms with Crippen molar-refractivity contribution in [3.63, 3.8) is 0 Å². The fraction of sp³-hybridized carbons (Fsp3) is 0.727. The number of carboxylic acids is 1. The van der Waals surface area contributed by atoms with E-state index in [1.54, 1.807) is 27.1 Å². The van der Waals surface area contributed by atoms with E-state index in [0.29, 0.717) is 38.5 Å². The summed E-state index contributed by atoms with van der Waals surface area (Å²) < 4.78 is 0. The molecular weight excluding hydrogens is 504 g/mol. The van der Waals surface area contributed by atoms with E-state index in [1.165, 1.54) is 11.0 Å². The maximum Gasteiger partial charge on any atom is 0.309 e. The van der Waals surface area contributed by atoms with E-state index in [9.17, 15) is 29.5 Å². The minimum Gasteiger partial charge on any atom is -0.481 e. The maximum absolute atomic E-state index is 14.5. The summed E-state index contributed by atoms with van der Waals surface area (Å²) in [5.74, 6) is -3.42. The van der Waals surface area contributed by atoms with Crippen molar-refractivity contribution < 1.29 is 24.3 Å². The van der Waals surface area contributed by atoms with Crippen LogP contribution in [0.1, 0.15) is 80.1 Å². The van der Waals surface area contributed by atoms with Gasteiger partial charge in [0.1, 0.15) is 5.41 Å². The van der Waals surface area contributed by atoms with Gasteiger partial charge >= 0.3 is 5.97 Å². The van der Waals surface area contributed by atoms with Crippen molar-refractivity contribution in [2.24, 2.45) is 56.2 Å². The number of fused-ring (bicyclic) bond motifs is 7. The van der Waals surface area contributed by atoms with E-state index in [0.717, 1.165) is 5.57 Å². The number of hydrogen-bond donors (Lipinski definition) is 1. The van der Waals surface area contributed by atoms with Crippen molar-refractivity contribution in [3.05, 3.63) is 23.8 Å². The van der Waals surface area contributed by atoms with Crippen LogP contribution in [0.3, 0.4) is 0 Å². The molecule has 1 N–H and O–H groups in total. The minimum absolute atomic E-state index is 0.101. The van der Waals surface area contributed by atoms with Crippen molar-refractivity contribution in [3.8, 4) is 6.07 Å². The largest absolute Gasteiger partial charge is 0.481 e. The fourth-order valence-electron chi connectivity index (χ4n) is 10.4. The molecule has 0 saturated heterocycles. The lowest BCUT2D eigenvalue weighted by atomic mass is 9.33. The number of nitrogens with zero attached hydrogens (tertiary/aromatic N) is 2. The summed E-state index contributed by atoms with van der Waals surface area (Å²) in [6.45, 7) is 12.2. The molecule has 5 aliphatic rings. The molecule has 9 atom stereocenters. The molecule has 1 unspecified atom stereocenters. The molecule has 3 fully saturated rings. The predicted molar refractivity (Wildman–Crippen MR) is 149 cm³/mol. The highest BCUT2D eigenvalue weighted by molar-refractivity contribution is 6.12. The zero-order chi connectivity index (χ0) is 29.8. The van der Waals surface area contributed by atoms with E-state index in [1.807, 2.05) is 19.9 Å². The number of allylic oxidation sites excluding steroid dienone is 4. The van der Waals surface area contributed by atoms with Crippen LogP contribution in [0, 0.1) is 67.5 Å². The van der Waals surface area contributed by atoms with E-state index in [4.69, 9.17) is 0 Å². The third kappa shape index (κ3) is 3.17. The van der Waals surface area contributed by atoms with Gasteiger partial charge in [-0.1, -0.05) is 46.3 Å². The number of carboxylic acid groups (broad SMARTS) is 1. The highest BCUT2D eigenvalue weighted by Crippen LogP contribution is 2.75. The molecule has 0 aromatic heterocycles. The number of nitriles is 1. The Hall–Kier alpha value is -2.75. The zero-order valence-corrected chi connectivity index (χ0v) is 25.3. The van der Waals surface area contributed by atoms with E-state index < -0.39 is 56.2 Å². The van der Waals surface area contributed by atoms with Gasteiger partial charge in [0.2, 0.25) is 5.91 Å². The smallest absolute Gasteiger partial charge is 0.309 e. The molecule has 0 aromatic carbocycles. The SMILES string of the molecule is CN(C)C(=O)[C@]1(C)C(=O)C=C[C@]2(C)C3=CC(=O)[C@@H]4[C@@H]5C(C#N)C(C)(C)CC[C@]5(C(=O)O)CC[C@@]4(C)[C@]3(C)CC[C@@H]12. The number of carbonyl (C=O) groups excluding carboxylic acids is 3. The number of rotatable bonds is 2. The molecule has 0 bridgehead atoms. The third-order valence-corrected chi connectivity index (χ3v) is 13.1. The van der Waals surface area contributed by atoms with Gasteiger partial charge in [0.05, 0.1) is 17.4 Å². The molecule has 0 heterocycles. The summed E-state index contributed by atoms with van der Waals surface area (Å²) >= 11 is 0. The number of ketones is 2. The molecule has 1 amide bonds. The monoisotopic (exact) mass is 548 g/mol. The first kappa shape index (κ1) is 28.8. The first-order valence-electron chi connectivity index (χ1n) is 14.7. The van der Waals surface area contributed by atoms with Crippen molar-refractivity contribution >= 4 is 23.4 Å². The Balaban J connectivity index is 1.71. The number of aliphatic carboxylic acids is 1. The van der Waals surface area contributed by atoms with E-state index >= 15 is 0 Å². The Morgan fingerprint density at radius 1 is 1.00 bits per heavy atom. The van der Waals surface area contributed by atoms with Gasteiger partial charge in [0, 0.05) is 31.3 Å². The lowest BCUT2D eigenvalue weighted by molar-refractivity contribution is -0.195. The second kappa shape index (κ2) is 8.39. The van der Waals surface area contributed by atoms with Gasteiger partial charge in [-0.2, -0.15) is 5.26 Å². The minimum atomic E-state index is -1.24.